The van der Waals surface area contributed by atoms with Gasteiger partial charge in [0.05, 0.1) is 6.10 Å². The Kier molecular flexibility index (Phi) is 6.90. The van der Waals surface area contributed by atoms with Crippen molar-refractivity contribution in [1.82, 2.24) is 5.32 Å². The first-order valence-electron chi connectivity index (χ1n) is 7.76. The summed E-state index contributed by atoms with van der Waals surface area (Å²) in [7, 11) is 0. The number of rotatable bonds is 9. The molecule has 1 aromatic rings. The molecule has 2 rings (SSSR count). The summed E-state index contributed by atoms with van der Waals surface area (Å²) in [5, 5.41) is 5.81. The molecule has 108 valence electrons. The van der Waals surface area contributed by atoms with Gasteiger partial charge in [0, 0.05) is 17.5 Å². The summed E-state index contributed by atoms with van der Waals surface area (Å²) in [6.45, 7) is 4.27. The van der Waals surface area contributed by atoms with E-state index in [4.69, 9.17) is 4.74 Å². The molecule has 1 aliphatic rings. The zero-order valence-corrected chi connectivity index (χ0v) is 12.9. The minimum atomic E-state index is 0.540. The van der Waals surface area contributed by atoms with E-state index in [1.807, 2.05) is 11.3 Å². The van der Waals surface area contributed by atoms with Crippen molar-refractivity contribution in [2.45, 2.75) is 64.0 Å². The summed E-state index contributed by atoms with van der Waals surface area (Å²) in [6, 6.07) is 5.08. The maximum Gasteiger partial charge on any atom is 0.0576 e. The van der Waals surface area contributed by atoms with Gasteiger partial charge in [0.25, 0.3) is 0 Å². The van der Waals surface area contributed by atoms with E-state index in [2.05, 4.69) is 29.8 Å². The summed E-state index contributed by atoms with van der Waals surface area (Å²) in [6.07, 6.45) is 9.39. The molecule has 0 spiro atoms. The van der Waals surface area contributed by atoms with Crippen LogP contribution in [0.3, 0.4) is 0 Å². The Morgan fingerprint density at radius 3 is 3.11 bits per heavy atom. The molecule has 3 heteroatoms. The molecular weight excluding hydrogens is 254 g/mol. The maximum atomic E-state index is 5.72. The van der Waals surface area contributed by atoms with Crippen molar-refractivity contribution in [3.8, 4) is 0 Å². The molecule has 0 radical (unpaired) electrons. The number of hydrogen-bond acceptors (Lipinski definition) is 3. The van der Waals surface area contributed by atoms with Crippen LogP contribution in [-0.2, 0) is 11.2 Å². The van der Waals surface area contributed by atoms with E-state index in [1.54, 1.807) is 0 Å². The van der Waals surface area contributed by atoms with Gasteiger partial charge in [0.1, 0.15) is 0 Å². The molecule has 0 amide bonds. The number of nitrogens with one attached hydrogen (secondary N) is 1. The molecule has 0 bridgehead atoms. The smallest absolute Gasteiger partial charge is 0.0576 e. The Morgan fingerprint density at radius 1 is 1.47 bits per heavy atom. The van der Waals surface area contributed by atoms with Crippen molar-refractivity contribution in [2.24, 2.45) is 0 Å². The lowest BCUT2D eigenvalue weighted by molar-refractivity contribution is 0.0992. The monoisotopic (exact) mass is 281 g/mol. The van der Waals surface area contributed by atoms with Crippen molar-refractivity contribution in [3.05, 3.63) is 22.4 Å². The van der Waals surface area contributed by atoms with Crippen molar-refractivity contribution >= 4 is 11.3 Å². The largest absolute Gasteiger partial charge is 0.378 e. The average molecular weight is 281 g/mol. The Bertz CT molecular complexity index is 319. The second kappa shape index (κ2) is 8.72. The van der Waals surface area contributed by atoms with Crippen molar-refractivity contribution in [2.75, 3.05) is 13.2 Å². The van der Waals surface area contributed by atoms with Crippen LogP contribution in [0.2, 0.25) is 0 Å². The first-order valence-corrected chi connectivity index (χ1v) is 8.64. The first-order chi connectivity index (χ1) is 9.38. The predicted octanol–water partition coefficient (Wildman–Crippen LogP) is 4.01. The van der Waals surface area contributed by atoms with E-state index in [1.165, 1.54) is 49.8 Å². The molecule has 2 heterocycles. The van der Waals surface area contributed by atoms with Crippen LogP contribution in [0.1, 0.15) is 50.3 Å². The van der Waals surface area contributed by atoms with E-state index >= 15 is 0 Å². The van der Waals surface area contributed by atoms with Crippen LogP contribution in [0.5, 0.6) is 0 Å². The van der Waals surface area contributed by atoms with Crippen LogP contribution < -0.4 is 5.32 Å². The van der Waals surface area contributed by atoms with Gasteiger partial charge in [-0.2, -0.15) is 0 Å². The molecule has 0 saturated carbocycles. The Labute approximate surface area is 121 Å². The van der Waals surface area contributed by atoms with Crippen molar-refractivity contribution < 1.29 is 4.74 Å². The molecule has 2 atom stereocenters. The molecule has 19 heavy (non-hydrogen) atoms. The van der Waals surface area contributed by atoms with E-state index in [-0.39, 0.29) is 0 Å². The van der Waals surface area contributed by atoms with Gasteiger partial charge in [-0.15, -0.1) is 11.3 Å². The highest BCUT2D eigenvalue weighted by Crippen LogP contribution is 2.20. The fourth-order valence-electron chi connectivity index (χ4n) is 2.87. The van der Waals surface area contributed by atoms with Crippen LogP contribution >= 0.6 is 11.3 Å². The number of hydrogen-bond donors (Lipinski definition) is 1. The second-order valence-corrected chi connectivity index (χ2v) is 6.47. The lowest BCUT2D eigenvalue weighted by Crippen LogP contribution is -2.30. The van der Waals surface area contributed by atoms with E-state index in [0.717, 1.165) is 13.2 Å². The zero-order chi connectivity index (χ0) is 13.3. The Morgan fingerprint density at radius 2 is 2.42 bits per heavy atom. The van der Waals surface area contributed by atoms with Crippen molar-refractivity contribution in [1.29, 1.82) is 0 Å². The fourth-order valence-corrected chi connectivity index (χ4v) is 3.62. The van der Waals surface area contributed by atoms with Gasteiger partial charge in [0.2, 0.25) is 0 Å². The summed E-state index contributed by atoms with van der Waals surface area (Å²) >= 11 is 1.88. The minimum Gasteiger partial charge on any atom is -0.378 e. The van der Waals surface area contributed by atoms with Gasteiger partial charge in [0.15, 0.2) is 0 Å². The third-order valence-electron chi connectivity index (χ3n) is 3.91. The quantitative estimate of drug-likeness (QED) is 0.738. The fraction of sp³-hybridized carbons (Fsp3) is 0.750. The number of aryl methyl sites for hydroxylation is 1. The number of ether oxygens (including phenoxy) is 1. The standard InChI is InChI=1S/C16H27NOS/c1-2-17-14(10-11-15-7-4-12-18-15)6-3-8-16-9-5-13-19-16/h5,9,13-15,17H,2-4,6-8,10-12H2,1H3. The van der Waals surface area contributed by atoms with Crippen LogP contribution in [0.25, 0.3) is 0 Å². The topological polar surface area (TPSA) is 21.3 Å². The van der Waals surface area contributed by atoms with Gasteiger partial charge in [-0.3, -0.25) is 0 Å². The molecular formula is C16H27NOS. The molecule has 2 unspecified atom stereocenters. The van der Waals surface area contributed by atoms with E-state index in [9.17, 15) is 0 Å². The Balaban J connectivity index is 1.63. The van der Waals surface area contributed by atoms with Crippen molar-refractivity contribution in [3.63, 3.8) is 0 Å². The minimum absolute atomic E-state index is 0.540. The molecule has 1 saturated heterocycles. The maximum absolute atomic E-state index is 5.72. The zero-order valence-electron chi connectivity index (χ0n) is 12.1. The molecule has 0 aliphatic carbocycles. The first kappa shape index (κ1) is 15.0. The summed E-state index contributed by atoms with van der Waals surface area (Å²) in [5.41, 5.74) is 0. The molecule has 1 N–H and O–H groups in total. The lowest BCUT2D eigenvalue weighted by Gasteiger charge is -2.19. The highest BCUT2D eigenvalue weighted by Gasteiger charge is 2.17. The summed E-state index contributed by atoms with van der Waals surface area (Å²) < 4.78 is 5.72. The molecule has 1 fully saturated rings. The van der Waals surface area contributed by atoms with Crippen LogP contribution in [-0.4, -0.2) is 25.3 Å². The average Bonchev–Trinajstić information content (AvgIpc) is 3.09. The number of thiophene rings is 1. The summed E-state index contributed by atoms with van der Waals surface area (Å²) in [4.78, 5) is 1.52. The Hall–Kier alpha value is -0.380. The van der Waals surface area contributed by atoms with Gasteiger partial charge in [-0.25, -0.2) is 0 Å². The molecule has 0 aromatic carbocycles. The lowest BCUT2D eigenvalue weighted by atomic mass is 10.0. The van der Waals surface area contributed by atoms with Crippen LogP contribution in [0, 0.1) is 0 Å². The molecule has 1 aliphatic heterocycles. The van der Waals surface area contributed by atoms with E-state index in [0.29, 0.717) is 12.1 Å². The van der Waals surface area contributed by atoms with Crippen LogP contribution in [0.15, 0.2) is 17.5 Å². The highest BCUT2D eigenvalue weighted by atomic mass is 32.1. The van der Waals surface area contributed by atoms with Gasteiger partial charge < -0.3 is 10.1 Å². The van der Waals surface area contributed by atoms with E-state index < -0.39 is 0 Å². The SMILES string of the molecule is CCNC(CCCc1cccs1)CCC1CCCO1. The molecule has 2 nitrogen and oxygen atoms in total. The van der Waals surface area contributed by atoms with Gasteiger partial charge in [-0.05, 0) is 62.9 Å². The highest BCUT2D eigenvalue weighted by molar-refractivity contribution is 7.09. The summed E-state index contributed by atoms with van der Waals surface area (Å²) in [5.74, 6) is 0. The van der Waals surface area contributed by atoms with Gasteiger partial charge >= 0.3 is 0 Å². The second-order valence-electron chi connectivity index (χ2n) is 5.44. The third kappa shape index (κ3) is 5.64. The van der Waals surface area contributed by atoms with Gasteiger partial charge in [-0.1, -0.05) is 13.0 Å². The predicted molar refractivity (Wildman–Crippen MR) is 82.9 cm³/mol. The van der Waals surface area contributed by atoms with Crippen LogP contribution in [0.4, 0.5) is 0 Å². The third-order valence-corrected chi connectivity index (χ3v) is 4.85. The normalized spacial score (nSPS) is 20.8. The molecule has 1 aromatic heterocycles.